The fraction of sp³-hybridized carbons (Fsp3) is 0.167. The highest BCUT2D eigenvalue weighted by atomic mass is 35.5. The van der Waals surface area contributed by atoms with Crippen molar-refractivity contribution in [3.8, 4) is 5.69 Å². The zero-order valence-corrected chi connectivity index (χ0v) is 10.1. The molecule has 0 atom stereocenters. The summed E-state index contributed by atoms with van der Waals surface area (Å²) in [5.41, 5.74) is 7.31. The highest BCUT2D eigenvalue weighted by molar-refractivity contribution is 6.30. The van der Waals surface area contributed by atoms with E-state index < -0.39 is 0 Å². The molecule has 2 rings (SSSR count). The van der Waals surface area contributed by atoms with Gasteiger partial charge in [-0.25, -0.2) is 4.68 Å². The van der Waals surface area contributed by atoms with E-state index in [-0.39, 0.29) is 12.0 Å². The lowest BCUT2D eigenvalue weighted by Crippen LogP contribution is -2.21. The zero-order chi connectivity index (χ0) is 12.4. The fourth-order valence-electron chi connectivity index (χ4n) is 1.57. The van der Waals surface area contributed by atoms with Gasteiger partial charge in [0, 0.05) is 23.3 Å². The molecule has 0 fully saturated rings. The molecule has 1 aromatic heterocycles. The quantitative estimate of drug-likeness (QED) is 0.881. The monoisotopic (exact) mass is 249 g/mol. The first kappa shape index (κ1) is 11.8. The number of aryl methyl sites for hydroxylation is 1. The average Bonchev–Trinajstić information content (AvgIpc) is 2.31. The Kier molecular flexibility index (Phi) is 3.26. The van der Waals surface area contributed by atoms with Crippen molar-refractivity contribution in [1.29, 1.82) is 0 Å². The van der Waals surface area contributed by atoms with Crippen LogP contribution in [0.3, 0.4) is 0 Å². The molecule has 0 saturated carbocycles. The number of halogens is 1. The Morgan fingerprint density at radius 2 is 2.00 bits per heavy atom. The molecule has 5 heteroatoms. The van der Waals surface area contributed by atoms with Crippen molar-refractivity contribution in [3.63, 3.8) is 0 Å². The Bertz CT molecular complexity index is 590. The highest BCUT2D eigenvalue weighted by Crippen LogP contribution is 2.13. The minimum atomic E-state index is -0.129. The van der Waals surface area contributed by atoms with Crippen LogP contribution in [0.15, 0.2) is 35.1 Å². The van der Waals surface area contributed by atoms with E-state index in [2.05, 4.69) is 5.10 Å². The Balaban J connectivity index is 2.59. The van der Waals surface area contributed by atoms with Gasteiger partial charge in [-0.05, 0) is 31.2 Å². The lowest BCUT2D eigenvalue weighted by molar-refractivity contribution is 0.750. The molecule has 0 amide bonds. The molecule has 0 bridgehead atoms. The maximum atomic E-state index is 11.5. The van der Waals surface area contributed by atoms with Crippen molar-refractivity contribution in [1.82, 2.24) is 9.78 Å². The molecule has 4 nitrogen and oxygen atoms in total. The van der Waals surface area contributed by atoms with Crippen LogP contribution in [0, 0.1) is 6.92 Å². The van der Waals surface area contributed by atoms with Gasteiger partial charge in [-0.3, -0.25) is 4.79 Å². The summed E-state index contributed by atoms with van der Waals surface area (Å²) in [5.74, 6) is 0. The van der Waals surface area contributed by atoms with E-state index in [4.69, 9.17) is 17.3 Å². The van der Waals surface area contributed by atoms with E-state index >= 15 is 0 Å². The molecule has 2 aromatic rings. The lowest BCUT2D eigenvalue weighted by Gasteiger charge is -2.10. The zero-order valence-electron chi connectivity index (χ0n) is 9.35. The molecule has 2 N–H and O–H groups in total. The molecule has 1 heterocycles. The van der Waals surface area contributed by atoms with Gasteiger partial charge in [-0.1, -0.05) is 11.6 Å². The van der Waals surface area contributed by atoms with Gasteiger partial charge in [0.25, 0.3) is 0 Å². The molecule has 17 heavy (non-hydrogen) atoms. The molecule has 1 aromatic carbocycles. The number of aromatic nitrogens is 2. The van der Waals surface area contributed by atoms with Crippen LogP contribution in [-0.2, 0) is 6.54 Å². The topological polar surface area (TPSA) is 60.9 Å². The van der Waals surface area contributed by atoms with Gasteiger partial charge in [0.1, 0.15) is 5.69 Å². The predicted octanol–water partition coefficient (Wildman–Crippen LogP) is 1.65. The number of hydrogen-bond donors (Lipinski definition) is 1. The van der Waals surface area contributed by atoms with E-state index in [1.54, 1.807) is 16.8 Å². The maximum absolute atomic E-state index is 11.5. The minimum Gasteiger partial charge on any atom is -0.325 e. The summed E-state index contributed by atoms with van der Waals surface area (Å²) in [6.07, 6.45) is 0. The van der Waals surface area contributed by atoms with Crippen molar-refractivity contribution in [2.24, 2.45) is 5.73 Å². The van der Waals surface area contributed by atoms with E-state index in [1.807, 2.05) is 19.1 Å². The maximum Gasteiger partial charge on any atom is 0.204 e. The number of hydrogen-bond acceptors (Lipinski definition) is 3. The Labute approximate surface area is 104 Å². The largest absolute Gasteiger partial charge is 0.325 e. The molecule has 0 aliphatic carbocycles. The summed E-state index contributed by atoms with van der Waals surface area (Å²) in [6.45, 7) is 1.95. The first-order valence-electron chi connectivity index (χ1n) is 5.17. The summed E-state index contributed by atoms with van der Waals surface area (Å²) in [6, 6.07) is 8.76. The smallest absolute Gasteiger partial charge is 0.204 e. The van der Waals surface area contributed by atoms with Gasteiger partial charge in [0.05, 0.1) is 5.69 Å². The average molecular weight is 250 g/mol. The second kappa shape index (κ2) is 4.69. The van der Waals surface area contributed by atoms with Crippen molar-refractivity contribution in [3.05, 3.63) is 57.0 Å². The second-order valence-corrected chi connectivity index (χ2v) is 4.13. The summed E-state index contributed by atoms with van der Waals surface area (Å²) in [5, 5.41) is 4.89. The third-order valence-corrected chi connectivity index (χ3v) is 2.70. The number of nitrogens with zero attached hydrogens (tertiary/aromatic N) is 2. The molecular formula is C12H12ClN3O. The van der Waals surface area contributed by atoms with Crippen LogP contribution in [-0.4, -0.2) is 9.78 Å². The van der Waals surface area contributed by atoms with Crippen LogP contribution < -0.4 is 11.2 Å². The minimum absolute atomic E-state index is 0.129. The van der Waals surface area contributed by atoms with Crippen molar-refractivity contribution < 1.29 is 0 Å². The third kappa shape index (κ3) is 2.38. The van der Waals surface area contributed by atoms with Gasteiger partial charge >= 0.3 is 0 Å². The van der Waals surface area contributed by atoms with Crippen LogP contribution in [0.2, 0.25) is 5.02 Å². The Morgan fingerprint density at radius 3 is 2.59 bits per heavy atom. The molecule has 88 valence electrons. The van der Waals surface area contributed by atoms with Crippen LogP contribution in [0.25, 0.3) is 5.69 Å². The third-order valence-electron chi connectivity index (χ3n) is 2.44. The van der Waals surface area contributed by atoms with Gasteiger partial charge in [0.2, 0.25) is 5.43 Å². The molecule has 0 aliphatic heterocycles. The lowest BCUT2D eigenvalue weighted by atomic mass is 10.3. The summed E-state index contributed by atoms with van der Waals surface area (Å²) >= 11 is 5.82. The van der Waals surface area contributed by atoms with E-state index in [0.29, 0.717) is 10.7 Å². The second-order valence-electron chi connectivity index (χ2n) is 3.69. The molecule has 0 saturated heterocycles. The van der Waals surface area contributed by atoms with Crippen molar-refractivity contribution >= 4 is 11.6 Å². The normalized spacial score (nSPS) is 10.5. The van der Waals surface area contributed by atoms with Crippen molar-refractivity contribution in [2.45, 2.75) is 13.5 Å². The Hall–Kier alpha value is -1.65. The summed E-state index contributed by atoms with van der Waals surface area (Å²) < 4.78 is 1.68. The van der Waals surface area contributed by atoms with Crippen LogP contribution in [0.1, 0.15) is 11.4 Å². The SMILES string of the molecule is Cc1cc(=O)c(CN)nn1-c1ccc(Cl)cc1. The molecule has 0 unspecified atom stereocenters. The molecule has 0 aliphatic rings. The molecular weight excluding hydrogens is 238 g/mol. The fourth-order valence-corrected chi connectivity index (χ4v) is 1.69. The van der Waals surface area contributed by atoms with E-state index in [9.17, 15) is 4.79 Å². The van der Waals surface area contributed by atoms with E-state index in [0.717, 1.165) is 11.4 Å². The van der Waals surface area contributed by atoms with Gasteiger partial charge in [-0.15, -0.1) is 0 Å². The van der Waals surface area contributed by atoms with E-state index in [1.165, 1.54) is 6.07 Å². The summed E-state index contributed by atoms with van der Waals surface area (Å²) in [7, 11) is 0. The summed E-state index contributed by atoms with van der Waals surface area (Å²) in [4.78, 5) is 11.5. The van der Waals surface area contributed by atoms with Crippen LogP contribution in [0.4, 0.5) is 0 Å². The predicted molar refractivity (Wildman–Crippen MR) is 67.5 cm³/mol. The number of rotatable bonds is 2. The standard InChI is InChI=1S/C12H12ClN3O/c1-8-6-12(17)11(7-14)15-16(8)10-4-2-9(13)3-5-10/h2-6H,7,14H2,1H3. The molecule has 0 radical (unpaired) electrons. The number of nitrogens with two attached hydrogens (primary N) is 1. The van der Waals surface area contributed by atoms with Gasteiger partial charge in [-0.2, -0.15) is 5.10 Å². The Morgan fingerprint density at radius 1 is 1.35 bits per heavy atom. The van der Waals surface area contributed by atoms with Gasteiger partial charge < -0.3 is 5.73 Å². The number of benzene rings is 1. The van der Waals surface area contributed by atoms with Crippen molar-refractivity contribution in [2.75, 3.05) is 0 Å². The first-order valence-corrected chi connectivity index (χ1v) is 5.55. The first-order chi connectivity index (χ1) is 8.11. The molecule has 0 spiro atoms. The highest BCUT2D eigenvalue weighted by Gasteiger charge is 2.05. The van der Waals surface area contributed by atoms with Crippen LogP contribution >= 0.6 is 11.6 Å². The van der Waals surface area contributed by atoms with Gasteiger partial charge in [0.15, 0.2) is 0 Å². The van der Waals surface area contributed by atoms with Crippen LogP contribution in [0.5, 0.6) is 0 Å².